The molecular weight excluding hydrogens is 341 g/mol. The fraction of sp³-hybridized carbons (Fsp3) is 0. The average Bonchev–Trinajstić information content (AvgIpc) is 1.53. The molecule has 18 heteroatoms. The summed E-state index contributed by atoms with van der Waals surface area (Å²) in [5.41, 5.74) is 0. The van der Waals surface area contributed by atoms with Crippen molar-refractivity contribution in [3.8, 4) is 0 Å². The van der Waals surface area contributed by atoms with Gasteiger partial charge in [0, 0.05) is 0 Å². The van der Waals surface area contributed by atoms with E-state index < -0.39 is 27.4 Å². The SMILES string of the molecule is O.O.O.O.O.O=[Si]([O-])O[Si]([O-])([O-])O[Si](=O)[O-].[Mg+2].[Mg+2]. The van der Waals surface area contributed by atoms with Crippen molar-refractivity contribution in [2.75, 3.05) is 0 Å². The molecule has 18 heavy (non-hydrogen) atoms. The number of rotatable bonds is 4. The molecule has 0 heterocycles. The molecule has 0 amide bonds. The van der Waals surface area contributed by atoms with Gasteiger partial charge in [-0.1, -0.05) is 0 Å². The molecule has 0 radical (unpaired) electrons. The Labute approximate surface area is 136 Å². The summed E-state index contributed by atoms with van der Waals surface area (Å²) in [7, 11) is -13.5. The van der Waals surface area contributed by atoms with E-state index in [9.17, 15) is 28.1 Å². The van der Waals surface area contributed by atoms with E-state index in [1.165, 1.54) is 0 Å². The summed E-state index contributed by atoms with van der Waals surface area (Å²) in [6.07, 6.45) is 0. The Bertz CT molecular complexity index is 163. The van der Waals surface area contributed by atoms with Crippen molar-refractivity contribution in [1.82, 2.24) is 0 Å². The molecule has 13 nitrogen and oxygen atoms in total. The van der Waals surface area contributed by atoms with Crippen molar-refractivity contribution in [1.29, 1.82) is 0 Å². The van der Waals surface area contributed by atoms with Gasteiger partial charge in [0.05, 0.1) is 9.05 Å². The Kier molecular flexibility index (Phi) is 64.9. The van der Waals surface area contributed by atoms with E-state index in [2.05, 4.69) is 8.23 Å². The zero-order valence-corrected chi connectivity index (χ0v) is 14.5. The minimum Gasteiger partial charge on any atom is -0.840 e. The van der Waals surface area contributed by atoms with Crippen LogP contribution in [0, 0.1) is 0 Å². The van der Waals surface area contributed by atoms with Crippen LogP contribution in [0.2, 0.25) is 0 Å². The monoisotopic (exact) mass is 350 g/mol. The van der Waals surface area contributed by atoms with E-state index in [0.29, 0.717) is 0 Å². The predicted molar refractivity (Wildman–Crippen MR) is 50.4 cm³/mol. The fourth-order valence-electron chi connectivity index (χ4n) is 0.225. The summed E-state index contributed by atoms with van der Waals surface area (Å²) < 4.78 is 25.6. The standard InChI is InChI=1S/2Mg.O8Si3.5H2O/c;;1-9(2)7-11(5,6)8-10(3)4;;;;;/h;;;5*1H2/q2*+2;-4;;;;;. The normalized spacial score (nSPS) is 6.33. The summed E-state index contributed by atoms with van der Waals surface area (Å²) in [5.74, 6) is 0. The topological polar surface area (TPSA) is 302 Å². The molecule has 0 aliphatic heterocycles. The van der Waals surface area contributed by atoms with Crippen molar-refractivity contribution < 1.29 is 63.7 Å². The van der Waals surface area contributed by atoms with Gasteiger partial charge in [-0.25, -0.2) is 0 Å². The molecule has 0 bridgehead atoms. The Morgan fingerprint density at radius 2 is 0.889 bits per heavy atom. The molecule has 0 atom stereocenters. The van der Waals surface area contributed by atoms with Gasteiger partial charge in [0.15, 0.2) is 0 Å². The van der Waals surface area contributed by atoms with Crippen LogP contribution in [0.4, 0.5) is 0 Å². The van der Waals surface area contributed by atoms with E-state index >= 15 is 0 Å². The molecule has 10 N–H and O–H groups in total. The van der Waals surface area contributed by atoms with Gasteiger partial charge in [-0.05, 0) is 0 Å². The second-order valence-electron chi connectivity index (χ2n) is 1.20. The van der Waals surface area contributed by atoms with Crippen molar-refractivity contribution in [3.63, 3.8) is 0 Å². The first kappa shape index (κ1) is 51.2. The molecule has 0 aromatic carbocycles. The van der Waals surface area contributed by atoms with E-state index in [0.717, 1.165) is 0 Å². The van der Waals surface area contributed by atoms with Gasteiger partial charge in [0.25, 0.3) is 0 Å². The van der Waals surface area contributed by atoms with Crippen molar-refractivity contribution in [2.45, 2.75) is 0 Å². The molecule has 0 unspecified atom stereocenters. The summed E-state index contributed by atoms with van der Waals surface area (Å²) in [6.45, 7) is 0. The van der Waals surface area contributed by atoms with E-state index in [4.69, 9.17) is 0 Å². The van der Waals surface area contributed by atoms with Crippen LogP contribution >= 0.6 is 0 Å². The second kappa shape index (κ2) is 22.8. The van der Waals surface area contributed by atoms with Crippen molar-refractivity contribution >= 4 is 73.5 Å². The molecule has 0 saturated carbocycles. The maximum Gasteiger partial charge on any atom is 2.00 e. The van der Waals surface area contributed by atoms with Crippen LogP contribution < -0.4 is 19.2 Å². The van der Waals surface area contributed by atoms with Gasteiger partial charge >= 0.3 is 64.4 Å². The zero-order chi connectivity index (χ0) is 9.07. The molecule has 0 aromatic rings. The molecule has 0 aliphatic rings. The van der Waals surface area contributed by atoms with Gasteiger partial charge in [0.2, 0.25) is 0 Å². The zero-order valence-electron chi connectivity index (χ0n) is 8.68. The van der Waals surface area contributed by atoms with Gasteiger partial charge in [-0.15, -0.1) is 0 Å². The molecule has 0 aromatic heterocycles. The third-order valence-electron chi connectivity index (χ3n) is 0.417. The maximum absolute atomic E-state index is 10.1. The first-order chi connectivity index (χ1) is 4.83. The smallest absolute Gasteiger partial charge is 0.840 e. The molecule has 0 spiro atoms. The largest absolute Gasteiger partial charge is 2.00 e. The van der Waals surface area contributed by atoms with Crippen LogP contribution in [-0.2, 0) is 17.2 Å². The molecule has 0 fully saturated rings. The quantitative estimate of drug-likeness (QED) is 0.436. The summed E-state index contributed by atoms with van der Waals surface area (Å²) in [4.78, 5) is 39.4. The molecule has 0 saturated heterocycles. The number of hydrogen-bond acceptors (Lipinski definition) is 8. The van der Waals surface area contributed by atoms with Gasteiger partial charge in [-0.2, -0.15) is 0 Å². The van der Waals surface area contributed by atoms with Crippen LogP contribution in [0.15, 0.2) is 0 Å². The maximum atomic E-state index is 10.1. The Balaban J connectivity index is -0.0000000238. The van der Waals surface area contributed by atoms with Gasteiger partial charge in [-0.3, -0.25) is 0 Å². The van der Waals surface area contributed by atoms with Crippen LogP contribution in [0.5, 0.6) is 0 Å². The third-order valence-corrected chi connectivity index (χ3v) is 3.75. The van der Waals surface area contributed by atoms with Crippen LogP contribution in [-0.4, -0.2) is 101 Å². The van der Waals surface area contributed by atoms with Crippen LogP contribution in [0.1, 0.15) is 0 Å². The minimum absolute atomic E-state index is 0. The molecule has 0 rings (SSSR count). The Morgan fingerprint density at radius 3 is 1.00 bits per heavy atom. The molecular formula is H10Mg2O13Si3. The van der Waals surface area contributed by atoms with E-state index in [1.807, 2.05) is 0 Å². The van der Waals surface area contributed by atoms with Crippen LogP contribution in [0.3, 0.4) is 0 Å². The van der Waals surface area contributed by atoms with Crippen molar-refractivity contribution in [2.24, 2.45) is 0 Å². The van der Waals surface area contributed by atoms with Gasteiger partial charge in [0.1, 0.15) is 0 Å². The summed E-state index contributed by atoms with van der Waals surface area (Å²) >= 11 is 0. The minimum atomic E-state index is -5.49. The Hall–Kier alpha value is 0.703. The average molecular weight is 351 g/mol. The second-order valence-corrected chi connectivity index (χ2v) is 4.84. The predicted octanol–water partition coefficient (Wildman–Crippen LogP) is -11.2. The van der Waals surface area contributed by atoms with Crippen molar-refractivity contribution in [3.05, 3.63) is 0 Å². The summed E-state index contributed by atoms with van der Waals surface area (Å²) in [5, 5.41) is 0. The first-order valence-corrected chi connectivity index (χ1v) is 6.12. The molecule has 0 aliphatic carbocycles. The summed E-state index contributed by atoms with van der Waals surface area (Å²) in [6, 6.07) is 0. The van der Waals surface area contributed by atoms with Gasteiger partial charge < -0.3 is 63.7 Å². The first-order valence-electron chi connectivity index (χ1n) is 2.04. The van der Waals surface area contributed by atoms with Crippen LogP contribution in [0.25, 0.3) is 0 Å². The van der Waals surface area contributed by atoms with E-state index in [1.54, 1.807) is 0 Å². The number of hydrogen-bond donors (Lipinski definition) is 0. The third kappa shape index (κ3) is 36.0. The molecule has 104 valence electrons. The Morgan fingerprint density at radius 1 is 0.722 bits per heavy atom. The van der Waals surface area contributed by atoms with E-state index in [-0.39, 0.29) is 73.5 Å². The fourth-order valence-corrected chi connectivity index (χ4v) is 2.40.